The van der Waals surface area contributed by atoms with Crippen LogP contribution >= 0.6 is 11.6 Å². The molecule has 0 saturated heterocycles. The van der Waals surface area contributed by atoms with Crippen molar-refractivity contribution < 1.29 is 17.9 Å². The molecule has 2 aromatic rings. The Hall–Kier alpha value is -1.93. The van der Waals surface area contributed by atoms with Gasteiger partial charge in [-0.05, 0) is 43.7 Å². The first-order valence-electron chi connectivity index (χ1n) is 8.82. The van der Waals surface area contributed by atoms with Crippen LogP contribution in [0.15, 0.2) is 53.4 Å². The highest BCUT2D eigenvalue weighted by molar-refractivity contribution is 7.89. The van der Waals surface area contributed by atoms with Crippen molar-refractivity contribution in [3.8, 4) is 0 Å². The van der Waals surface area contributed by atoms with Gasteiger partial charge in [0.25, 0.3) is 0 Å². The summed E-state index contributed by atoms with van der Waals surface area (Å²) in [5.74, 6) is -0.394. The van der Waals surface area contributed by atoms with E-state index in [0.717, 1.165) is 15.4 Å². The molecule has 0 aliphatic carbocycles. The lowest BCUT2D eigenvalue weighted by Gasteiger charge is -2.23. The fourth-order valence-electron chi connectivity index (χ4n) is 2.65. The zero-order valence-electron chi connectivity index (χ0n) is 16.2. The first-order valence-corrected chi connectivity index (χ1v) is 10.6. The predicted octanol–water partition coefficient (Wildman–Crippen LogP) is 2.99. The van der Waals surface area contributed by atoms with Crippen LogP contribution in [-0.4, -0.2) is 44.9 Å². The van der Waals surface area contributed by atoms with E-state index < -0.39 is 15.9 Å². The second kappa shape index (κ2) is 10.0. The number of halogens is 1. The van der Waals surface area contributed by atoms with E-state index in [2.05, 4.69) is 5.32 Å². The summed E-state index contributed by atoms with van der Waals surface area (Å²) in [5.41, 5.74) is 1.69. The number of benzene rings is 2. The average Bonchev–Trinajstić information content (AvgIpc) is 2.63. The SMILES string of the molecule is COC[C@H](C)NC(=O)CN(Cc1ccc(Cl)cc1)S(=O)(=O)c1ccc(C)cc1. The summed E-state index contributed by atoms with van der Waals surface area (Å²) in [6.45, 7) is 3.77. The molecular weight excluding hydrogens is 400 g/mol. The van der Waals surface area contributed by atoms with E-state index in [1.54, 1.807) is 55.5 Å². The van der Waals surface area contributed by atoms with Crippen molar-refractivity contribution in [2.45, 2.75) is 31.3 Å². The lowest BCUT2D eigenvalue weighted by molar-refractivity contribution is -0.122. The highest BCUT2D eigenvalue weighted by atomic mass is 35.5. The minimum atomic E-state index is -3.86. The fourth-order valence-corrected chi connectivity index (χ4v) is 4.16. The van der Waals surface area contributed by atoms with Gasteiger partial charge >= 0.3 is 0 Å². The third-order valence-electron chi connectivity index (χ3n) is 4.07. The van der Waals surface area contributed by atoms with E-state index >= 15 is 0 Å². The summed E-state index contributed by atoms with van der Waals surface area (Å²) in [4.78, 5) is 12.6. The van der Waals surface area contributed by atoms with Crippen molar-refractivity contribution >= 4 is 27.5 Å². The molecule has 0 bridgehead atoms. The second-order valence-corrected chi connectivity index (χ2v) is 9.01. The number of rotatable bonds is 9. The van der Waals surface area contributed by atoms with Gasteiger partial charge in [0.2, 0.25) is 15.9 Å². The monoisotopic (exact) mass is 424 g/mol. The van der Waals surface area contributed by atoms with Gasteiger partial charge in [0.15, 0.2) is 0 Å². The summed E-state index contributed by atoms with van der Waals surface area (Å²) in [5, 5.41) is 3.31. The van der Waals surface area contributed by atoms with Crippen molar-refractivity contribution in [3.05, 3.63) is 64.7 Å². The number of nitrogens with one attached hydrogen (secondary N) is 1. The molecule has 0 aliphatic rings. The van der Waals surface area contributed by atoms with E-state index in [4.69, 9.17) is 16.3 Å². The second-order valence-electron chi connectivity index (χ2n) is 6.64. The number of carbonyl (C=O) groups excluding carboxylic acids is 1. The molecule has 0 spiro atoms. The molecule has 2 aromatic carbocycles. The lowest BCUT2D eigenvalue weighted by atomic mass is 10.2. The van der Waals surface area contributed by atoms with Crippen LogP contribution in [0.5, 0.6) is 0 Å². The van der Waals surface area contributed by atoms with Gasteiger partial charge in [-0.1, -0.05) is 41.4 Å². The molecule has 1 amide bonds. The standard InChI is InChI=1S/C20H25ClN2O4S/c1-15-4-10-19(11-5-15)28(25,26)23(12-17-6-8-18(21)9-7-17)13-20(24)22-16(2)14-27-3/h4-11,16H,12-14H2,1-3H3,(H,22,24)/t16-/m0/s1. The van der Waals surface area contributed by atoms with Crippen molar-refractivity contribution in [2.75, 3.05) is 20.3 Å². The molecule has 6 nitrogen and oxygen atoms in total. The summed E-state index contributed by atoms with van der Waals surface area (Å²) >= 11 is 5.91. The number of ether oxygens (including phenoxy) is 1. The van der Waals surface area contributed by atoms with Crippen LogP contribution in [0.25, 0.3) is 0 Å². The number of carbonyl (C=O) groups is 1. The third kappa shape index (κ3) is 6.31. The minimum Gasteiger partial charge on any atom is -0.383 e. The first kappa shape index (κ1) is 22.4. The van der Waals surface area contributed by atoms with Gasteiger partial charge in [-0.3, -0.25) is 4.79 Å². The number of methoxy groups -OCH3 is 1. The Morgan fingerprint density at radius 3 is 2.32 bits per heavy atom. The Labute approximate surface area is 171 Å². The molecule has 28 heavy (non-hydrogen) atoms. The molecule has 2 rings (SSSR count). The molecule has 152 valence electrons. The molecule has 0 aromatic heterocycles. The van der Waals surface area contributed by atoms with Crippen molar-refractivity contribution in [2.24, 2.45) is 0 Å². The number of nitrogens with zero attached hydrogens (tertiary/aromatic N) is 1. The van der Waals surface area contributed by atoms with Gasteiger partial charge < -0.3 is 10.1 Å². The van der Waals surface area contributed by atoms with E-state index in [9.17, 15) is 13.2 Å². The average molecular weight is 425 g/mol. The summed E-state index contributed by atoms with van der Waals surface area (Å²) in [6.07, 6.45) is 0. The highest BCUT2D eigenvalue weighted by Crippen LogP contribution is 2.20. The molecule has 0 saturated carbocycles. The molecular formula is C20H25ClN2O4S. The zero-order chi connectivity index (χ0) is 20.7. The van der Waals surface area contributed by atoms with Gasteiger partial charge in [0, 0.05) is 24.7 Å². The first-order chi connectivity index (χ1) is 13.2. The summed E-state index contributed by atoms with van der Waals surface area (Å²) in [7, 11) is -2.32. The summed E-state index contributed by atoms with van der Waals surface area (Å²) < 4.78 is 32.5. The van der Waals surface area contributed by atoms with Crippen LogP contribution in [0.4, 0.5) is 0 Å². The quantitative estimate of drug-likeness (QED) is 0.671. The molecule has 0 unspecified atom stereocenters. The molecule has 0 heterocycles. The van der Waals surface area contributed by atoms with Gasteiger partial charge in [-0.15, -0.1) is 0 Å². The molecule has 1 N–H and O–H groups in total. The van der Waals surface area contributed by atoms with Gasteiger partial charge in [0.1, 0.15) is 0 Å². The van der Waals surface area contributed by atoms with Crippen LogP contribution in [0.3, 0.4) is 0 Å². The summed E-state index contributed by atoms with van der Waals surface area (Å²) in [6, 6.07) is 13.2. The molecule has 0 radical (unpaired) electrons. The molecule has 8 heteroatoms. The Kier molecular flexibility index (Phi) is 8.00. The topological polar surface area (TPSA) is 75.7 Å². The fraction of sp³-hybridized carbons (Fsp3) is 0.350. The van der Waals surface area contributed by atoms with Crippen LogP contribution in [0, 0.1) is 6.92 Å². The number of hydrogen-bond donors (Lipinski definition) is 1. The van der Waals surface area contributed by atoms with Gasteiger partial charge in [0.05, 0.1) is 18.0 Å². The predicted molar refractivity (Wildman–Crippen MR) is 110 cm³/mol. The van der Waals surface area contributed by atoms with Crippen molar-refractivity contribution in [1.29, 1.82) is 0 Å². The molecule has 0 fully saturated rings. The number of amides is 1. The highest BCUT2D eigenvalue weighted by Gasteiger charge is 2.27. The molecule has 0 aliphatic heterocycles. The number of sulfonamides is 1. The van der Waals surface area contributed by atoms with Gasteiger partial charge in [-0.25, -0.2) is 8.42 Å². The van der Waals surface area contributed by atoms with Crippen molar-refractivity contribution in [1.82, 2.24) is 9.62 Å². The maximum absolute atomic E-state index is 13.2. The maximum Gasteiger partial charge on any atom is 0.243 e. The van der Waals surface area contributed by atoms with E-state index in [1.807, 2.05) is 6.92 Å². The smallest absolute Gasteiger partial charge is 0.243 e. The van der Waals surface area contributed by atoms with Gasteiger partial charge in [-0.2, -0.15) is 4.31 Å². The van der Waals surface area contributed by atoms with Crippen LogP contribution in [-0.2, 0) is 26.1 Å². The Morgan fingerprint density at radius 2 is 1.75 bits per heavy atom. The van der Waals surface area contributed by atoms with Crippen LogP contribution in [0.2, 0.25) is 5.02 Å². The Bertz CT molecular complexity index is 883. The lowest BCUT2D eigenvalue weighted by Crippen LogP contribution is -2.44. The normalized spacial score (nSPS) is 12.8. The molecule has 1 atom stereocenters. The number of hydrogen-bond acceptors (Lipinski definition) is 4. The minimum absolute atomic E-state index is 0.0550. The number of aryl methyl sites for hydroxylation is 1. The van der Waals surface area contributed by atoms with E-state index in [1.165, 1.54) is 7.11 Å². The zero-order valence-corrected chi connectivity index (χ0v) is 17.8. The van der Waals surface area contributed by atoms with Crippen LogP contribution in [0.1, 0.15) is 18.1 Å². The Balaban J connectivity index is 2.27. The largest absolute Gasteiger partial charge is 0.383 e. The Morgan fingerprint density at radius 1 is 1.14 bits per heavy atom. The third-order valence-corrected chi connectivity index (χ3v) is 6.13. The van der Waals surface area contributed by atoms with Crippen LogP contribution < -0.4 is 5.32 Å². The van der Waals surface area contributed by atoms with E-state index in [-0.39, 0.29) is 24.0 Å². The van der Waals surface area contributed by atoms with Crippen molar-refractivity contribution in [3.63, 3.8) is 0 Å². The van der Waals surface area contributed by atoms with E-state index in [0.29, 0.717) is 11.6 Å². The maximum atomic E-state index is 13.2.